The van der Waals surface area contributed by atoms with Crippen molar-refractivity contribution >= 4 is 5.97 Å². The first-order valence-electron chi connectivity index (χ1n) is 16.4. The maximum atomic E-state index is 14.3. The van der Waals surface area contributed by atoms with Gasteiger partial charge in [0, 0.05) is 32.6 Å². The minimum atomic E-state index is -1.77. The number of ether oxygens (including phenoxy) is 6. The Balaban J connectivity index is 1.57. The molecule has 0 radical (unpaired) electrons. The van der Waals surface area contributed by atoms with E-state index < -0.39 is 54.0 Å². The highest BCUT2D eigenvalue weighted by Gasteiger charge is 2.64. The molecule has 250 valence electrons. The van der Waals surface area contributed by atoms with E-state index in [1.54, 1.807) is 19.3 Å². The summed E-state index contributed by atoms with van der Waals surface area (Å²) in [4.78, 5) is 14.3. The van der Waals surface area contributed by atoms with Crippen molar-refractivity contribution in [2.75, 3.05) is 14.2 Å². The van der Waals surface area contributed by atoms with E-state index in [2.05, 4.69) is 32.9 Å². The smallest absolute Gasteiger partial charge is 0.316 e. The van der Waals surface area contributed by atoms with Crippen LogP contribution in [0.25, 0.3) is 0 Å². The predicted molar refractivity (Wildman–Crippen MR) is 169 cm³/mol. The van der Waals surface area contributed by atoms with Gasteiger partial charge in [-0.3, -0.25) is 4.79 Å². The van der Waals surface area contributed by atoms with Gasteiger partial charge in [0.25, 0.3) is 0 Å². The van der Waals surface area contributed by atoms with Crippen molar-refractivity contribution in [2.24, 2.45) is 17.8 Å². The van der Waals surface area contributed by atoms with Crippen molar-refractivity contribution in [3.8, 4) is 0 Å². The van der Waals surface area contributed by atoms with Gasteiger partial charge in [-0.25, -0.2) is 0 Å². The van der Waals surface area contributed by atoms with Gasteiger partial charge in [-0.1, -0.05) is 55.9 Å². The van der Waals surface area contributed by atoms with Gasteiger partial charge in [-0.15, -0.1) is 0 Å². The molecule has 0 aromatic heterocycles. The van der Waals surface area contributed by atoms with Crippen molar-refractivity contribution in [3.05, 3.63) is 58.7 Å². The topological polar surface area (TPSA) is 113 Å². The van der Waals surface area contributed by atoms with Crippen molar-refractivity contribution in [1.29, 1.82) is 0 Å². The summed E-state index contributed by atoms with van der Waals surface area (Å²) in [5.74, 6) is -2.69. The third kappa shape index (κ3) is 6.42. The van der Waals surface area contributed by atoms with E-state index in [0.29, 0.717) is 24.8 Å². The van der Waals surface area contributed by atoms with Crippen LogP contribution in [-0.4, -0.2) is 84.7 Å². The summed E-state index contributed by atoms with van der Waals surface area (Å²) >= 11 is 0. The molecule has 1 unspecified atom stereocenters. The van der Waals surface area contributed by atoms with E-state index in [1.807, 2.05) is 32.9 Å². The highest BCUT2D eigenvalue weighted by Crippen LogP contribution is 2.50. The summed E-state index contributed by atoms with van der Waals surface area (Å²) in [6.45, 7) is 12.2. The van der Waals surface area contributed by atoms with Gasteiger partial charge in [0.1, 0.15) is 35.9 Å². The third-order valence-corrected chi connectivity index (χ3v) is 10.4. The summed E-state index contributed by atoms with van der Waals surface area (Å²) in [6.07, 6.45) is 9.81. The van der Waals surface area contributed by atoms with E-state index in [9.17, 15) is 15.0 Å². The molecule has 5 rings (SSSR count). The molecule has 9 heteroatoms. The summed E-state index contributed by atoms with van der Waals surface area (Å²) in [6, 6.07) is 0. The van der Waals surface area contributed by atoms with Gasteiger partial charge in [0.05, 0.1) is 12.2 Å². The number of aliphatic hydroxyl groups is 2. The summed E-state index contributed by atoms with van der Waals surface area (Å²) in [5.41, 5.74) is 1.70. The number of methoxy groups -OCH3 is 2. The van der Waals surface area contributed by atoms with Gasteiger partial charge in [-0.05, 0) is 69.9 Å². The normalized spacial score (nSPS) is 47.6. The predicted octanol–water partition coefficient (Wildman–Crippen LogP) is 5.08. The lowest BCUT2D eigenvalue weighted by Gasteiger charge is -2.52. The molecule has 3 fully saturated rings. The van der Waals surface area contributed by atoms with E-state index in [1.165, 1.54) is 12.7 Å². The molecule has 0 saturated carbocycles. The maximum absolute atomic E-state index is 14.3. The zero-order valence-corrected chi connectivity index (χ0v) is 28.0. The average Bonchev–Trinajstić information content (AvgIpc) is 3.28. The van der Waals surface area contributed by atoms with E-state index in [-0.39, 0.29) is 30.5 Å². The van der Waals surface area contributed by atoms with Crippen LogP contribution in [0.5, 0.6) is 0 Å². The second kappa shape index (κ2) is 13.6. The molecule has 0 aromatic rings. The lowest BCUT2D eigenvalue weighted by Crippen LogP contribution is -2.62. The first-order valence-corrected chi connectivity index (χ1v) is 16.4. The summed E-state index contributed by atoms with van der Waals surface area (Å²) in [5, 5.41) is 24.0. The van der Waals surface area contributed by atoms with Crippen LogP contribution in [0.4, 0.5) is 0 Å². The number of esters is 1. The average molecular weight is 629 g/mol. The number of fused-ring (bicyclic) bond motifs is 2. The van der Waals surface area contributed by atoms with Crippen molar-refractivity contribution in [2.45, 2.75) is 128 Å². The zero-order valence-electron chi connectivity index (χ0n) is 28.0. The van der Waals surface area contributed by atoms with Crippen molar-refractivity contribution < 1.29 is 43.4 Å². The Morgan fingerprint density at radius 3 is 2.56 bits per heavy atom. The highest BCUT2D eigenvalue weighted by atomic mass is 16.7. The fourth-order valence-electron chi connectivity index (χ4n) is 7.94. The van der Waals surface area contributed by atoms with Gasteiger partial charge in [0.2, 0.25) is 0 Å². The van der Waals surface area contributed by atoms with Crippen LogP contribution in [0.2, 0.25) is 0 Å². The molecule has 3 saturated heterocycles. The number of carbonyl (C=O) groups excluding carboxylic acids is 1. The Kier molecular flexibility index (Phi) is 10.3. The monoisotopic (exact) mass is 628 g/mol. The molecule has 12 atom stereocenters. The van der Waals surface area contributed by atoms with Gasteiger partial charge < -0.3 is 38.6 Å². The minimum Gasteiger partial charge on any atom is -0.462 e. The second-order valence-electron chi connectivity index (χ2n) is 13.8. The Labute approximate surface area is 267 Å². The molecular formula is C36H52O9. The Morgan fingerprint density at radius 1 is 1.11 bits per heavy atom. The van der Waals surface area contributed by atoms with E-state index >= 15 is 0 Å². The van der Waals surface area contributed by atoms with Gasteiger partial charge >= 0.3 is 5.97 Å². The SMILES string of the molecule is C/C=C(\C)[C@H]1O[C@@]2(C[C@@H]3C[C@@H](C/C=C(\C)C[C@@H](C)/C=C/C=C4\[C@@H](OC)OC5[C@H](OC)C(C)=C[C@@H](C(=O)O3)[C@]45O)O2)[C@H](O)C[C@@H]1C. The Morgan fingerprint density at radius 2 is 1.87 bits per heavy atom. The molecular weight excluding hydrogens is 576 g/mol. The molecule has 1 aliphatic carbocycles. The molecule has 2 N–H and O–H groups in total. The lowest BCUT2D eigenvalue weighted by atomic mass is 9.70. The number of rotatable bonds is 3. The number of carbonyl (C=O) groups is 1. The Hall–Kier alpha value is -2.11. The highest BCUT2D eigenvalue weighted by molar-refractivity contribution is 5.78. The number of hydrogen-bond donors (Lipinski definition) is 2. The van der Waals surface area contributed by atoms with Crippen LogP contribution in [0.15, 0.2) is 58.7 Å². The maximum Gasteiger partial charge on any atom is 0.316 e. The van der Waals surface area contributed by atoms with Crippen LogP contribution in [0.3, 0.4) is 0 Å². The molecule has 45 heavy (non-hydrogen) atoms. The lowest BCUT2D eigenvalue weighted by molar-refractivity contribution is -0.363. The van der Waals surface area contributed by atoms with Crippen molar-refractivity contribution in [1.82, 2.24) is 0 Å². The Bertz CT molecular complexity index is 1260. The van der Waals surface area contributed by atoms with Crippen LogP contribution in [-0.2, 0) is 33.2 Å². The molecule has 0 aromatic carbocycles. The van der Waals surface area contributed by atoms with Crippen LogP contribution >= 0.6 is 0 Å². The van der Waals surface area contributed by atoms with E-state index in [0.717, 1.165) is 17.6 Å². The molecule has 4 aliphatic heterocycles. The van der Waals surface area contributed by atoms with Crippen LogP contribution < -0.4 is 0 Å². The van der Waals surface area contributed by atoms with Crippen LogP contribution in [0, 0.1) is 17.8 Å². The number of aliphatic hydroxyl groups excluding tert-OH is 1. The quantitative estimate of drug-likeness (QED) is 0.327. The van der Waals surface area contributed by atoms with Gasteiger partial charge in [0.15, 0.2) is 12.1 Å². The molecule has 4 heterocycles. The third-order valence-electron chi connectivity index (χ3n) is 10.4. The largest absolute Gasteiger partial charge is 0.462 e. The molecule has 1 spiro atoms. The first kappa shape index (κ1) is 34.2. The number of hydrogen-bond acceptors (Lipinski definition) is 9. The fourth-order valence-corrected chi connectivity index (χ4v) is 7.94. The summed E-state index contributed by atoms with van der Waals surface area (Å²) in [7, 11) is 3.08. The van der Waals surface area contributed by atoms with Crippen LogP contribution in [0.1, 0.15) is 73.6 Å². The number of allylic oxidation sites excluding steroid dienone is 5. The second-order valence-corrected chi connectivity index (χ2v) is 13.8. The molecule has 9 nitrogen and oxygen atoms in total. The molecule has 0 amide bonds. The molecule has 2 bridgehead atoms. The molecule has 5 aliphatic rings. The summed E-state index contributed by atoms with van der Waals surface area (Å²) < 4.78 is 37.3. The fraction of sp³-hybridized carbons (Fsp3) is 0.694. The first-order chi connectivity index (χ1) is 21.4. The minimum absolute atomic E-state index is 0.0885. The van der Waals surface area contributed by atoms with Crippen molar-refractivity contribution in [3.63, 3.8) is 0 Å². The van der Waals surface area contributed by atoms with Gasteiger partial charge in [-0.2, -0.15) is 0 Å². The zero-order chi connectivity index (χ0) is 32.7. The van der Waals surface area contributed by atoms with E-state index in [4.69, 9.17) is 28.4 Å². The standard InChI is InChI=1S/C36H52O9/c1-9-22(4)30-24(6)17-29(37)35(45-30)19-26-18-25(44-35)14-13-21(3)15-20(2)11-10-12-27-34(41-8)43-32-31(40-7)23(5)16-28(33(38)42-26)36(27,32)39/h9-13,16,20,24-26,28-32,34,37,39H,14-15,17-19H2,1-8H3/b11-10+,21-13+,22-9+,27-12+/t20-,24-,25+,26-,28-,29+,30+,31+,32?,34-,35-,36+/m0/s1.